The fraction of sp³-hybridized carbons (Fsp3) is 0.188. The highest BCUT2D eigenvalue weighted by Gasteiger charge is 2.13. The highest BCUT2D eigenvalue weighted by molar-refractivity contribution is 7.89. The predicted molar refractivity (Wildman–Crippen MR) is 88.8 cm³/mol. The summed E-state index contributed by atoms with van der Waals surface area (Å²) in [5.74, 6) is -0.818. The Morgan fingerprint density at radius 1 is 1.04 bits per heavy atom. The van der Waals surface area contributed by atoms with Crippen LogP contribution in [-0.4, -0.2) is 33.2 Å². The third-order valence-corrected chi connectivity index (χ3v) is 4.23. The van der Waals surface area contributed by atoms with Gasteiger partial charge in [-0.25, -0.2) is 17.5 Å². The average Bonchev–Trinajstić information content (AvgIpc) is 2.56. The van der Waals surface area contributed by atoms with Gasteiger partial charge in [-0.05, 0) is 36.4 Å². The molecule has 0 radical (unpaired) electrons. The summed E-state index contributed by atoms with van der Waals surface area (Å²) in [6, 6.07) is 14.0. The fourth-order valence-corrected chi connectivity index (χ4v) is 2.57. The Hall–Kier alpha value is -2.45. The van der Waals surface area contributed by atoms with Crippen molar-refractivity contribution in [3.63, 3.8) is 0 Å². The largest absolute Gasteiger partial charge is 0.492 e. The molecule has 2 N–H and O–H groups in total. The van der Waals surface area contributed by atoms with Gasteiger partial charge in [0, 0.05) is 5.69 Å². The van der Waals surface area contributed by atoms with Gasteiger partial charge in [-0.2, -0.15) is 0 Å². The van der Waals surface area contributed by atoms with Gasteiger partial charge in [0.1, 0.15) is 18.2 Å². The van der Waals surface area contributed by atoms with Crippen LogP contribution in [0, 0.1) is 5.82 Å². The van der Waals surface area contributed by atoms with E-state index in [4.69, 9.17) is 4.74 Å². The van der Waals surface area contributed by atoms with Crippen LogP contribution in [-0.2, 0) is 14.8 Å². The van der Waals surface area contributed by atoms with Crippen LogP contribution in [0.15, 0.2) is 54.6 Å². The van der Waals surface area contributed by atoms with E-state index in [9.17, 15) is 17.6 Å². The van der Waals surface area contributed by atoms with Crippen molar-refractivity contribution in [3.05, 3.63) is 60.4 Å². The van der Waals surface area contributed by atoms with E-state index in [2.05, 4.69) is 10.0 Å². The number of amides is 1. The summed E-state index contributed by atoms with van der Waals surface area (Å²) in [4.78, 5) is 11.7. The average molecular weight is 352 g/mol. The number of hydrogen-bond acceptors (Lipinski definition) is 4. The molecule has 1 amide bonds. The van der Waals surface area contributed by atoms with E-state index < -0.39 is 21.7 Å². The van der Waals surface area contributed by atoms with Crippen LogP contribution in [0.3, 0.4) is 0 Å². The molecule has 0 aromatic heterocycles. The van der Waals surface area contributed by atoms with Crippen molar-refractivity contribution in [2.45, 2.75) is 0 Å². The molecule has 0 aliphatic carbocycles. The summed E-state index contributed by atoms with van der Waals surface area (Å²) in [5, 5.41) is 2.57. The minimum atomic E-state index is -3.66. The standard InChI is InChI=1S/C16H17FN2O4S/c17-13-6-8-15(9-7-13)23-10-11-24(21,22)18-12-16(20)19-14-4-2-1-3-5-14/h1-9,18H,10-12H2,(H,19,20). The zero-order valence-electron chi connectivity index (χ0n) is 12.7. The summed E-state index contributed by atoms with van der Waals surface area (Å²) in [6.45, 7) is -0.477. The molecular weight excluding hydrogens is 335 g/mol. The van der Waals surface area contributed by atoms with Gasteiger partial charge in [0.2, 0.25) is 15.9 Å². The highest BCUT2D eigenvalue weighted by atomic mass is 32.2. The van der Waals surface area contributed by atoms with Crippen LogP contribution in [0.1, 0.15) is 0 Å². The van der Waals surface area contributed by atoms with Crippen molar-refractivity contribution >= 4 is 21.6 Å². The fourth-order valence-electron chi connectivity index (χ4n) is 1.77. The van der Waals surface area contributed by atoms with Gasteiger partial charge in [-0.1, -0.05) is 18.2 Å². The molecule has 24 heavy (non-hydrogen) atoms. The summed E-state index contributed by atoms with van der Waals surface area (Å²) >= 11 is 0. The molecule has 0 aliphatic rings. The normalized spacial score (nSPS) is 11.0. The van der Waals surface area contributed by atoms with E-state index in [0.29, 0.717) is 11.4 Å². The molecule has 0 bridgehead atoms. The maximum Gasteiger partial charge on any atom is 0.239 e. The van der Waals surface area contributed by atoms with Gasteiger partial charge in [0.15, 0.2) is 0 Å². The Morgan fingerprint density at radius 2 is 1.71 bits per heavy atom. The first kappa shape index (κ1) is 17.9. The summed E-state index contributed by atoms with van der Waals surface area (Å²) in [6.07, 6.45) is 0. The second kappa shape index (κ2) is 8.42. The van der Waals surface area contributed by atoms with Crippen LogP contribution >= 0.6 is 0 Å². The molecule has 0 fully saturated rings. The Balaban J connectivity index is 1.72. The first-order chi connectivity index (χ1) is 11.4. The third-order valence-electron chi connectivity index (χ3n) is 2.94. The van der Waals surface area contributed by atoms with Crippen molar-refractivity contribution in [1.29, 1.82) is 0 Å². The lowest BCUT2D eigenvalue weighted by Gasteiger charge is -2.09. The molecule has 2 aromatic rings. The minimum Gasteiger partial charge on any atom is -0.492 e. The predicted octanol–water partition coefficient (Wildman–Crippen LogP) is 1.76. The van der Waals surface area contributed by atoms with Gasteiger partial charge >= 0.3 is 0 Å². The zero-order valence-corrected chi connectivity index (χ0v) is 13.6. The van der Waals surface area contributed by atoms with E-state index in [1.54, 1.807) is 30.3 Å². The number of rotatable bonds is 8. The van der Waals surface area contributed by atoms with Crippen LogP contribution in [0.25, 0.3) is 0 Å². The number of halogens is 1. The Morgan fingerprint density at radius 3 is 2.38 bits per heavy atom. The molecule has 128 valence electrons. The van der Waals surface area contributed by atoms with Crippen LogP contribution < -0.4 is 14.8 Å². The van der Waals surface area contributed by atoms with Crippen molar-refractivity contribution in [1.82, 2.24) is 4.72 Å². The van der Waals surface area contributed by atoms with Crippen molar-refractivity contribution in [3.8, 4) is 5.75 Å². The summed E-state index contributed by atoms with van der Waals surface area (Å²) < 4.78 is 43.7. The monoisotopic (exact) mass is 352 g/mol. The number of benzene rings is 2. The Labute approximate surface area is 139 Å². The molecule has 0 heterocycles. The Bertz CT molecular complexity index is 764. The quantitative estimate of drug-likeness (QED) is 0.758. The maximum absolute atomic E-state index is 12.7. The second-order valence-electron chi connectivity index (χ2n) is 4.86. The highest BCUT2D eigenvalue weighted by Crippen LogP contribution is 2.10. The number of ether oxygens (including phenoxy) is 1. The van der Waals surface area contributed by atoms with Gasteiger partial charge < -0.3 is 10.1 Å². The molecule has 8 heteroatoms. The molecule has 0 unspecified atom stereocenters. The van der Waals surface area contributed by atoms with E-state index in [1.165, 1.54) is 24.3 Å². The van der Waals surface area contributed by atoms with Crippen molar-refractivity contribution < 1.29 is 22.3 Å². The molecule has 0 saturated heterocycles. The van der Waals surface area contributed by atoms with Crippen molar-refractivity contribution in [2.75, 3.05) is 24.2 Å². The maximum atomic E-state index is 12.7. The van der Waals surface area contributed by atoms with E-state index in [-0.39, 0.29) is 18.9 Å². The SMILES string of the molecule is O=C(CNS(=O)(=O)CCOc1ccc(F)cc1)Nc1ccccc1. The summed E-state index contributed by atoms with van der Waals surface area (Å²) in [5.41, 5.74) is 0.585. The summed E-state index contributed by atoms with van der Waals surface area (Å²) in [7, 11) is -3.66. The van der Waals surface area contributed by atoms with Crippen LogP contribution in [0.4, 0.5) is 10.1 Å². The topological polar surface area (TPSA) is 84.5 Å². The van der Waals surface area contributed by atoms with Gasteiger partial charge in [-0.15, -0.1) is 0 Å². The molecule has 0 spiro atoms. The second-order valence-corrected chi connectivity index (χ2v) is 6.78. The van der Waals surface area contributed by atoms with Crippen molar-refractivity contribution in [2.24, 2.45) is 0 Å². The first-order valence-electron chi connectivity index (χ1n) is 7.15. The molecule has 0 aliphatic heterocycles. The third kappa shape index (κ3) is 6.35. The number of anilines is 1. The zero-order chi connectivity index (χ0) is 17.4. The number of nitrogens with one attached hydrogen (secondary N) is 2. The van der Waals surface area contributed by atoms with E-state index >= 15 is 0 Å². The van der Waals surface area contributed by atoms with E-state index in [1.807, 2.05) is 0 Å². The lowest BCUT2D eigenvalue weighted by Crippen LogP contribution is -2.35. The number of carbonyl (C=O) groups is 1. The molecule has 0 atom stereocenters. The number of para-hydroxylation sites is 1. The van der Waals surface area contributed by atoms with Crippen LogP contribution in [0.2, 0.25) is 0 Å². The molecule has 2 aromatic carbocycles. The Kier molecular flexibility index (Phi) is 6.28. The molecule has 0 saturated carbocycles. The molecular formula is C16H17FN2O4S. The van der Waals surface area contributed by atoms with Crippen LogP contribution in [0.5, 0.6) is 5.75 Å². The number of carbonyl (C=O) groups excluding carboxylic acids is 1. The molecule has 6 nitrogen and oxygen atoms in total. The van der Waals surface area contributed by atoms with Gasteiger partial charge in [-0.3, -0.25) is 4.79 Å². The van der Waals surface area contributed by atoms with Gasteiger partial charge in [0.25, 0.3) is 0 Å². The first-order valence-corrected chi connectivity index (χ1v) is 8.80. The smallest absolute Gasteiger partial charge is 0.239 e. The van der Waals surface area contributed by atoms with Gasteiger partial charge in [0.05, 0.1) is 12.3 Å². The lowest BCUT2D eigenvalue weighted by atomic mass is 10.3. The minimum absolute atomic E-state index is 0.110. The molecule has 2 rings (SSSR count). The lowest BCUT2D eigenvalue weighted by molar-refractivity contribution is -0.115. The number of hydrogen-bond donors (Lipinski definition) is 2. The number of sulfonamides is 1. The van der Waals surface area contributed by atoms with E-state index in [0.717, 1.165) is 0 Å².